The predicted octanol–water partition coefficient (Wildman–Crippen LogP) is 4.24. The Balaban J connectivity index is 2.26. The Hall–Kier alpha value is -1.20. The molecule has 0 aliphatic rings. The molecular formula is C17H24BrNO3. The number of nitrogens with zero attached hydrogens (tertiary/aromatic N) is 1. The molecular weight excluding hydrogens is 346 g/mol. The van der Waals surface area contributed by atoms with Gasteiger partial charge in [0.15, 0.2) is 6.29 Å². The standard InChI is InChI=1S/C17H24BrNO3/c1-19(22-13-9-5-3-2-4-8-12-18)17(21)16-11-7-6-10-15(16)14-20/h6-7,10-11,14H,2-5,8-9,12-13H2,1H3. The third-order valence-corrected chi connectivity index (χ3v) is 3.98. The third kappa shape index (κ3) is 6.71. The van der Waals surface area contributed by atoms with Gasteiger partial charge in [0.2, 0.25) is 0 Å². The Morgan fingerprint density at radius 1 is 1.14 bits per heavy atom. The molecule has 1 aromatic rings. The van der Waals surface area contributed by atoms with Crippen LogP contribution in [0.15, 0.2) is 24.3 Å². The van der Waals surface area contributed by atoms with E-state index in [9.17, 15) is 9.59 Å². The number of unbranched alkanes of at least 4 members (excludes halogenated alkanes) is 5. The van der Waals surface area contributed by atoms with Gasteiger partial charge in [0.1, 0.15) is 0 Å². The van der Waals surface area contributed by atoms with Gasteiger partial charge in [-0.2, -0.15) is 0 Å². The molecule has 5 heteroatoms. The smallest absolute Gasteiger partial charge is 0.277 e. The van der Waals surface area contributed by atoms with Crippen LogP contribution in [0.25, 0.3) is 0 Å². The lowest BCUT2D eigenvalue weighted by Gasteiger charge is -2.17. The molecule has 0 spiro atoms. The molecule has 0 saturated carbocycles. The second-order valence-electron chi connectivity index (χ2n) is 5.15. The zero-order valence-corrected chi connectivity index (χ0v) is 14.7. The summed E-state index contributed by atoms with van der Waals surface area (Å²) in [5, 5.41) is 2.29. The van der Waals surface area contributed by atoms with Gasteiger partial charge >= 0.3 is 0 Å². The van der Waals surface area contributed by atoms with Crippen molar-refractivity contribution >= 4 is 28.1 Å². The quantitative estimate of drug-likeness (QED) is 0.253. The zero-order chi connectivity index (χ0) is 16.2. The fraction of sp³-hybridized carbons (Fsp3) is 0.529. The molecule has 122 valence electrons. The van der Waals surface area contributed by atoms with Gasteiger partial charge in [-0.3, -0.25) is 14.4 Å². The molecule has 0 saturated heterocycles. The van der Waals surface area contributed by atoms with Gasteiger partial charge in [0.25, 0.3) is 5.91 Å². The summed E-state index contributed by atoms with van der Waals surface area (Å²) in [5.74, 6) is -0.292. The van der Waals surface area contributed by atoms with Crippen molar-refractivity contribution in [2.45, 2.75) is 38.5 Å². The van der Waals surface area contributed by atoms with E-state index in [4.69, 9.17) is 4.84 Å². The van der Waals surface area contributed by atoms with Crippen LogP contribution in [-0.4, -0.2) is 36.2 Å². The normalized spacial score (nSPS) is 10.5. The SMILES string of the molecule is CN(OCCCCCCCCBr)C(=O)c1ccccc1C=O. The summed E-state index contributed by atoms with van der Waals surface area (Å²) in [4.78, 5) is 28.6. The van der Waals surface area contributed by atoms with Gasteiger partial charge in [-0.15, -0.1) is 0 Å². The second kappa shape index (κ2) is 11.4. The van der Waals surface area contributed by atoms with Crippen molar-refractivity contribution < 1.29 is 14.4 Å². The number of alkyl halides is 1. The fourth-order valence-electron chi connectivity index (χ4n) is 2.13. The van der Waals surface area contributed by atoms with Gasteiger partial charge in [-0.25, -0.2) is 5.06 Å². The van der Waals surface area contributed by atoms with E-state index >= 15 is 0 Å². The van der Waals surface area contributed by atoms with Crippen molar-refractivity contribution in [3.63, 3.8) is 0 Å². The van der Waals surface area contributed by atoms with Crippen LogP contribution in [0.2, 0.25) is 0 Å². The van der Waals surface area contributed by atoms with Gasteiger partial charge in [-0.05, 0) is 18.9 Å². The highest BCUT2D eigenvalue weighted by molar-refractivity contribution is 9.09. The van der Waals surface area contributed by atoms with Gasteiger partial charge in [0.05, 0.1) is 12.2 Å². The van der Waals surface area contributed by atoms with Crippen molar-refractivity contribution in [3.8, 4) is 0 Å². The first-order valence-electron chi connectivity index (χ1n) is 7.72. The number of benzene rings is 1. The highest BCUT2D eigenvalue weighted by atomic mass is 79.9. The minimum atomic E-state index is -0.292. The van der Waals surface area contributed by atoms with Crippen molar-refractivity contribution in [1.82, 2.24) is 5.06 Å². The Kier molecular flexibility index (Phi) is 9.75. The number of rotatable bonds is 11. The van der Waals surface area contributed by atoms with Crippen molar-refractivity contribution in [2.75, 3.05) is 19.0 Å². The van der Waals surface area contributed by atoms with Crippen LogP contribution in [0.1, 0.15) is 59.2 Å². The monoisotopic (exact) mass is 369 g/mol. The summed E-state index contributed by atoms with van der Waals surface area (Å²) in [6.45, 7) is 0.518. The summed E-state index contributed by atoms with van der Waals surface area (Å²) in [7, 11) is 1.58. The maximum absolute atomic E-state index is 12.2. The van der Waals surface area contributed by atoms with Crippen molar-refractivity contribution in [1.29, 1.82) is 0 Å². The van der Waals surface area contributed by atoms with E-state index < -0.39 is 0 Å². The Bertz CT molecular complexity index is 465. The Morgan fingerprint density at radius 2 is 1.77 bits per heavy atom. The Labute approximate surface area is 140 Å². The second-order valence-corrected chi connectivity index (χ2v) is 5.94. The molecule has 1 amide bonds. The molecule has 0 fully saturated rings. The summed E-state index contributed by atoms with van der Waals surface area (Å²) in [6.07, 6.45) is 7.65. The van der Waals surface area contributed by atoms with E-state index in [0.29, 0.717) is 24.0 Å². The fourth-order valence-corrected chi connectivity index (χ4v) is 2.52. The number of aldehydes is 1. The van der Waals surface area contributed by atoms with Crippen molar-refractivity contribution in [2.24, 2.45) is 0 Å². The molecule has 0 N–H and O–H groups in total. The topological polar surface area (TPSA) is 46.6 Å². The molecule has 0 bridgehead atoms. The molecule has 1 aromatic carbocycles. The van der Waals surface area contributed by atoms with Gasteiger partial charge in [-0.1, -0.05) is 59.8 Å². The molecule has 0 aliphatic carbocycles. The number of hydrogen-bond donors (Lipinski definition) is 0. The van der Waals surface area contributed by atoms with Crippen LogP contribution >= 0.6 is 15.9 Å². The third-order valence-electron chi connectivity index (χ3n) is 3.42. The van der Waals surface area contributed by atoms with Crippen molar-refractivity contribution in [3.05, 3.63) is 35.4 Å². The van der Waals surface area contributed by atoms with Crippen LogP contribution < -0.4 is 0 Å². The molecule has 0 radical (unpaired) electrons. The summed E-state index contributed by atoms with van der Waals surface area (Å²) < 4.78 is 0. The summed E-state index contributed by atoms with van der Waals surface area (Å²) in [5.41, 5.74) is 0.754. The molecule has 22 heavy (non-hydrogen) atoms. The number of amides is 1. The Morgan fingerprint density at radius 3 is 2.45 bits per heavy atom. The lowest BCUT2D eigenvalue weighted by atomic mass is 10.1. The molecule has 0 unspecified atom stereocenters. The first-order valence-corrected chi connectivity index (χ1v) is 8.84. The highest BCUT2D eigenvalue weighted by Gasteiger charge is 2.15. The van der Waals surface area contributed by atoms with E-state index in [2.05, 4.69) is 15.9 Å². The maximum atomic E-state index is 12.2. The number of carbonyl (C=O) groups excluding carboxylic acids is 2. The largest absolute Gasteiger partial charge is 0.298 e. The van der Waals surface area contributed by atoms with Crippen LogP contribution in [0.5, 0.6) is 0 Å². The summed E-state index contributed by atoms with van der Waals surface area (Å²) in [6, 6.07) is 6.73. The molecule has 4 nitrogen and oxygen atoms in total. The minimum absolute atomic E-state index is 0.292. The maximum Gasteiger partial charge on any atom is 0.277 e. The van der Waals surface area contributed by atoms with Crippen LogP contribution in [0.4, 0.5) is 0 Å². The average molecular weight is 370 g/mol. The van der Waals surface area contributed by atoms with E-state index in [-0.39, 0.29) is 5.91 Å². The van der Waals surface area contributed by atoms with Crippen LogP contribution in [0.3, 0.4) is 0 Å². The van der Waals surface area contributed by atoms with Gasteiger partial charge < -0.3 is 0 Å². The molecule has 0 aliphatic heterocycles. The number of carbonyl (C=O) groups is 2. The van der Waals surface area contributed by atoms with E-state index in [1.165, 1.54) is 30.7 Å². The number of hydroxylamine groups is 2. The highest BCUT2D eigenvalue weighted by Crippen LogP contribution is 2.10. The summed E-state index contributed by atoms with van der Waals surface area (Å²) >= 11 is 3.42. The lowest BCUT2D eigenvalue weighted by Crippen LogP contribution is -2.28. The zero-order valence-electron chi connectivity index (χ0n) is 13.1. The van der Waals surface area contributed by atoms with E-state index in [0.717, 1.165) is 18.2 Å². The average Bonchev–Trinajstić information content (AvgIpc) is 2.56. The van der Waals surface area contributed by atoms with Crippen LogP contribution in [0, 0.1) is 0 Å². The number of halogens is 1. The first kappa shape index (κ1) is 18.8. The van der Waals surface area contributed by atoms with Gasteiger partial charge in [0, 0.05) is 17.9 Å². The lowest BCUT2D eigenvalue weighted by molar-refractivity contribution is -0.106. The van der Waals surface area contributed by atoms with Crippen LogP contribution in [-0.2, 0) is 4.84 Å². The predicted molar refractivity (Wildman–Crippen MR) is 91.4 cm³/mol. The molecule has 1 rings (SSSR count). The minimum Gasteiger partial charge on any atom is -0.298 e. The molecule has 0 aromatic heterocycles. The van der Waals surface area contributed by atoms with E-state index in [1.807, 2.05) is 0 Å². The number of hydrogen-bond acceptors (Lipinski definition) is 3. The van der Waals surface area contributed by atoms with E-state index in [1.54, 1.807) is 31.3 Å². The molecule has 0 atom stereocenters. The first-order chi connectivity index (χ1) is 10.7. The molecule has 0 heterocycles.